The maximum Gasteiger partial charge on any atom is 0.139 e. The monoisotopic (exact) mass is 300 g/mol. The van der Waals surface area contributed by atoms with Crippen molar-refractivity contribution in [2.24, 2.45) is 0 Å². The highest BCUT2D eigenvalue weighted by atomic mass is 35.5. The van der Waals surface area contributed by atoms with E-state index in [1.807, 2.05) is 0 Å². The molecular formula is C13H18ClFN2OSi. The smallest absolute Gasteiger partial charge is 0.139 e. The maximum absolute atomic E-state index is 13.6. The number of hydrogen-bond acceptors (Lipinski definition) is 2. The zero-order valence-electron chi connectivity index (χ0n) is 11.4. The molecule has 0 N–H and O–H groups in total. The van der Waals surface area contributed by atoms with Crippen molar-refractivity contribution in [1.29, 1.82) is 0 Å². The van der Waals surface area contributed by atoms with E-state index in [1.165, 1.54) is 12.3 Å². The van der Waals surface area contributed by atoms with E-state index in [-0.39, 0.29) is 5.82 Å². The molecule has 0 saturated carbocycles. The van der Waals surface area contributed by atoms with Crippen molar-refractivity contribution >= 4 is 30.6 Å². The van der Waals surface area contributed by atoms with Gasteiger partial charge in [0.05, 0.1) is 17.1 Å². The molecule has 2 rings (SSSR count). The number of halogens is 2. The average Bonchev–Trinajstić information content (AvgIpc) is 2.66. The van der Waals surface area contributed by atoms with Crippen LogP contribution in [0.15, 0.2) is 18.3 Å². The van der Waals surface area contributed by atoms with Gasteiger partial charge >= 0.3 is 0 Å². The fourth-order valence-corrected chi connectivity index (χ4v) is 2.69. The Labute approximate surface area is 118 Å². The molecule has 0 amide bonds. The highest BCUT2D eigenvalue weighted by molar-refractivity contribution is 6.76. The van der Waals surface area contributed by atoms with Crippen LogP contribution in [0, 0.1) is 5.82 Å². The van der Waals surface area contributed by atoms with E-state index in [9.17, 15) is 4.39 Å². The van der Waals surface area contributed by atoms with Crippen LogP contribution in [-0.4, -0.2) is 24.5 Å². The quantitative estimate of drug-likeness (QED) is 0.613. The molecule has 0 bridgehead atoms. The number of ether oxygens (including phenoxy) is 1. The lowest BCUT2D eigenvalue weighted by Gasteiger charge is -2.15. The molecule has 0 fully saturated rings. The standard InChI is InChI=1S/C13H18ClFN2OSi/c1-19(2,3)5-4-18-9-17-13-7-10(14)6-12(15)11(13)8-16-17/h6-8H,4-5,9H2,1-3H3. The fraction of sp³-hybridized carbons (Fsp3) is 0.462. The van der Waals surface area contributed by atoms with Crippen LogP contribution in [0.25, 0.3) is 10.9 Å². The number of rotatable bonds is 5. The minimum Gasteiger partial charge on any atom is -0.360 e. The van der Waals surface area contributed by atoms with Crippen molar-refractivity contribution in [3.8, 4) is 0 Å². The van der Waals surface area contributed by atoms with Gasteiger partial charge in [-0.3, -0.25) is 0 Å². The Bertz CT molecular complexity index is 580. The third-order valence-electron chi connectivity index (χ3n) is 2.89. The second kappa shape index (κ2) is 5.61. The van der Waals surface area contributed by atoms with Gasteiger partial charge in [0, 0.05) is 19.7 Å². The molecule has 1 heterocycles. The van der Waals surface area contributed by atoms with Crippen LogP contribution in [0.4, 0.5) is 4.39 Å². The molecule has 0 aliphatic heterocycles. The molecule has 0 saturated heterocycles. The van der Waals surface area contributed by atoms with Crippen molar-refractivity contribution in [2.75, 3.05) is 6.61 Å². The van der Waals surface area contributed by atoms with Gasteiger partial charge in [-0.25, -0.2) is 9.07 Å². The molecule has 0 aliphatic rings. The summed E-state index contributed by atoms with van der Waals surface area (Å²) in [6.45, 7) is 7.94. The first-order valence-corrected chi connectivity index (χ1v) is 10.3. The first-order valence-electron chi connectivity index (χ1n) is 6.25. The van der Waals surface area contributed by atoms with Crippen LogP contribution in [0.3, 0.4) is 0 Å². The number of hydrogen-bond donors (Lipinski definition) is 0. The largest absolute Gasteiger partial charge is 0.360 e. The van der Waals surface area contributed by atoms with E-state index in [1.54, 1.807) is 10.7 Å². The molecule has 2 aromatic rings. The van der Waals surface area contributed by atoms with Crippen LogP contribution < -0.4 is 0 Å². The molecule has 0 aliphatic carbocycles. The summed E-state index contributed by atoms with van der Waals surface area (Å²) in [5.74, 6) is -0.351. The molecule has 3 nitrogen and oxygen atoms in total. The number of nitrogens with zero attached hydrogens (tertiary/aromatic N) is 2. The van der Waals surface area contributed by atoms with Crippen LogP contribution in [0.5, 0.6) is 0 Å². The predicted molar refractivity (Wildman–Crippen MR) is 78.8 cm³/mol. The van der Waals surface area contributed by atoms with Crippen LogP contribution >= 0.6 is 11.6 Å². The summed E-state index contributed by atoms with van der Waals surface area (Å²) in [5, 5.41) is 4.98. The molecule has 6 heteroatoms. The molecular weight excluding hydrogens is 283 g/mol. The van der Waals surface area contributed by atoms with Crippen molar-refractivity contribution in [3.05, 3.63) is 29.2 Å². The van der Waals surface area contributed by atoms with E-state index < -0.39 is 8.07 Å². The molecule has 0 unspecified atom stereocenters. The van der Waals surface area contributed by atoms with E-state index >= 15 is 0 Å². The minimum atomic E-state index is -1.09. The number of benzene rings is 1. The fourth-order valence-electron chi connectivity index (χ4n) is 1.73. The van der Waals surface area contributed by atoms with Gasteiger partial charge in [-0.15, -0.1) is 0 Å². The predicted octanol–water partition coefficient (Wildman–Crippen LogP) is 4.14. The Balaban J connectivity index is 2.05. The highest BCUT2D eigenvalue weighted by Gasteiger charge is 2.13. The zero-order chi connectivity index (χ0) is 14.0. The van der Waals surface area contributed by atoms with Gasteiger partial charge in [0.1, 0.15) is 12.5 Å². The van der Waals surface area contributed by atoms with Crippen molar-refractivity contribution < 1.29 is 9.13 Å². The maximum atomic E-state index is 13.6. The Morgan fingerprint density at radius 2 is 2.11 bits per heavy atom. The van der Waals surface area contributed by atoms with E-state index in [0.717, 1.165) is 6.04 Å². The molecule has 0 radical (unpaired) electrons. The van der Waals surface area contributed by atoms with Gasteiger partial charge < -0.3 is 4.74 Å². The van der Waals surface area contributed by atoms with Crippen molar-refractivity contribution in [2.45, 2.75) is 32.4 Å². The Kier molecular flexibility index (Phi) is 4.28. The molecule has 104 valence electrons. The Hall–Kier alpha value is -0.913. The zero-order valence-corrected chi connectivity index (χ0v) is 13.2. The normalized spacial score (nSPS) is 12.3. The van der Waals surface area contributed by atoms with Gasteiger partial charge in [-0.2, -0.15) is 5.10 Å². The second-order valence-corrected chi connectivity index (χ2v) is 11.9. The SMILES string of the molecule is C[Si](C)(C)CCOCn1ncc2c(F)cc(Cl)cc21. The van der Waals surface area contributed by atoms with Gasteiger partial charge in [0.25, 0.3) is 0 Å². The van der Waals surface area contributed by atoms with Gasteiger partial charge in [-0.1, -0.05) is 31.2 Å². The first kappa shape index (κ1) is 14.5. The summed E-state index contributed by atoms with van der Waals surface area (Å²) in [6, 6.07) is 4.10. The molecule has 0 spiro atoms. The van der Waals surface area contributed by atoms with E-state index in [4.69, 9.17) is 16.3 Å². The minimum absolute atomic E-state index is 0.327. The van der Waals surface area contributed by atoms with Crippen molar-refractivity contribution in [1.82, 2.24) is 9.78 Å². The summed E-state index contributed by atoms with van der Waals surface area (Å²) < 4.78 is 20.9. The van der Waals surface area contributed by atoms with Crippen LogP contribution in [0.2, 0.25) is 30.7 Å². The first-order chi connectivity index (χ1) is 8.87. The Morgan fingerprint density at radius 3 is 2.79 bits per heavy atom. The number of aromatic nitrogens is 2. The Morgan fingerprint density at radius 1 is 1.37 bits per heavy atom. The summed E-state index contributed by atoms with van der Waals surface area (Å²) in [4.78, 5) is 0. The van der Waals surface area contributed by atoms with E-state index in [0.29, 0.717) is 29.3 Å². The summed E-state index contributed by atoms with van der Waals surface area (Å²) in [5.41, 5.74) is 0.665. The average molecular weight is 301 g/mol. The van der Waals surface area contributed by atoms with E-state index in [2.05, 4.69) is 24.7 Å². The van der Waals surface area contributed by atoms with Gasteiger partial charge in [0.15, 0.2) is 0 Å². The van der Waals surface area contributed by atoms with Crippen LogP contribution in [0.1, 0.15) is 0 Å². The van der Waals surface area contributed by atoms with Gasteiger partial charge in [-0.05, 0) is 18.2 Å². The molecule has 1 aromatic heterocycles. The van der Waals surface area contributed by atoms with Crippen LogP contribution in [-0.2, 0) is 11.5 Å². The number of fused-ring (bicyclic) bond motifs is 1. The topological polar surface area (TPSA) is 27.1 Å². The molecule has 19 heavy (non-hydrogen) atoms. The molecule has 0 atom stereocenters. The second-order valence-electron chi connectivity index (χ2n) is 5.81. The summed E-state index contributed by atoms with van der Waals surface area (Å²) in [6.07, 6.45) is 1.50. The third-order valence-corrected chi connectivity index (χ3v) is 4.81. The van der Waals surface area contributed by atoms with Gasteiger partial charge in [0.2, 0.25) is 0 Å². The summed E-state index contributed by atoms with van der Waals surface area (Å²) >= 11 is 5.86. The molecule has 1 aromatic carbocycles. The highest BCUT2D eigenvalue weighted by Crippen LogP contribution is 2.22. The van der Waals surface area contributed by atoms with Crippen molar-refractivity contribution in [3.63, 3.8) is 0 Å². The third kappa shape index (κ3) is 3.78. The lowest BCUT2D eigenvalue weighted by atomic mass is 10.2. The lowest BCUT2D eigenvalue weighted by Crippen LogP contribution is -2.22. The lowest BCUT2D eigenvalue weighted by molar-refractivity contribution is 0.0817. The summed E-state index contributed by atoms with van der Waals surface area (Å²) in [7, 11) is -1.09.